The molecule has 31 heavy (non-hydrogen) atoms. The van der Waals surface area contributed by atoms with Crippen LogP contribution in [0.3, 0.4) is 0 Å². The SMILES string of the molecule is Cc1cccc(O[C@H](C)C(=O)Nc2ccc(S(=O)(=O)Nc3c(C)cccc3C)cc2)c1. The van der Waals surface area contributed by atoms with E-state index in [9.17, 15) is 13.2 Å². The van der Waals surface area contributed by atoms with Crippen LogP contribution in [0.1, 0.15) is 23.6 Å². The number of benzene rings is 3. The molecule has 0 spiro atoms. The second kappa shape index (κ2) is 9.22. The van der Waals surface area contributed by atoms with Crippen LogP contribution >= 0.6 is 0 Å². The smallest absolute Gasteiger partial charge is 0.265 e. The van der Waals surface area contributed by atoms with Crippen LogP contribution in [0.5, 0.6) is 5.75 Å². The molecule has 2 N–H and O–H groups in total. The van der Waals surface area contributed by atoms with E-state index < -0.39 is 16.1 Å². The molecule has 3 rings (SSSR count). The standard InChI is InChI=1S/C24H26N2O4S/c1-16-7-5-10-21(15-16)30-19(4)24(27)25-20-11-13-22(14-12-20)31(28,29)26-23-17(2)8-6-9-18(23)3/h5-15,19,26H,1-4H3,(H,25,27)/t19-/m1/s1. The molecular formula is C24H26N2O4S. The fourth-order valence-electron chi connectivity index (χ4n) is 3.08. The van der Waals surface area contributed by atoms with Crippen molar-refractivity contribution in [2.45, 2.75) is 38.7 Å². The van der Waals surface area contributed by atoms with Crippen molar-refractivity contribution in [3.05, 3.63) is 83.4 Å². The molecular weight excluding hydrogens is 412 g/mol. The van der Waals surface area contributed by atoms with Crippen LogP contribution in [-0.2, 0) is 14.8 Å². The molecule has 0 radical (unpaired) electrons. The lowest BCUT2D eigenvalue weighted by atomic mass is 10.1. The van der Waals surface area contributed by atoms with E-state index in [-0.39, 0.29) is 10.8 Å². The molecule has 1 atom stereocenters. The van der Waals surface area contributed by atoms with Gasteiger partial charge in [-0.15, -0.1) is 0 Å². The molecule has 6 nitrogen and oxygen atoms in total. The van der Waals surface area contributed by atoms with Crippen LogP contribution in [-0.4, -0.2) is 20.4 Å². The highest BCUT2D eigenvalue weighted by atomic mass is 32.2. The summed E-state index contributed by atoms with van der Waals surface area (Å²) in [5, 5.41) is 2.74. The summed E-state index contributed by atoms with van der Waals surface area (Å²) in [6, 6.07) is 19.1. The van der Waals surface area contributed by atoms with E-state index >= 15 is 0 Å². The van der Waals surface area contributed by atoms with E-state index in [4.69, 9.17) is 4.74 Å². The van der Waals surface area contributed by atoms with Crippen molar-refractivity contribution in [3.63, 3.8) is 0 Å². The van der Waals surface area contributed by atoms with Gasteiger partial charge < -0.3 is 10.1 Å². The molecule has 0 heterocycles. The van der Waals surface area contributed by atoms with Gasteiger partial charge in [0.1, 0.15) is 5.75 Å². The Morgan fingerprint density at radius 3 is 2.13 bits per heavy atom. The van der Waals surface area contributed by atoms with Crippen molar-refractivity contribution in [1.82, 2.24) is 0 Å². The van der Waals surface area contributed by atoms with E-state index in [1.54, 1.807) is 25.1 Å². The molecule has 1 amide bonds. The fraction of sp³-hybridized carbons (Fsp3) is 0.208. The summed E-state index contributed by atoms with van der Waals surface area (Å²) in [7, 11) is -3.75. The minimum absolute atomic E-state index is 0.109. The molecule has 0 fully saturated rings. The Hall–Kier alpha value is -3.32. The molecule has 0 unspecified atom stereocenters. The molecule has 0 saturated carbocycles. The zero-order chi connectivity index (χ0) is 22.6. The van der Waals surface area contributed by atoms with Crippen LogP contribution in [0.2, 0.25) is 0 Å². The largest absolute Gasteiger partial charge is 0.481 e. The molecule has 0 aromatic heterocycles. The number of nitrogens with one attached hydrogen (secondary N) is 2. The first-order valence-corrected chi connectivity index (χ1v) is 11.4. The first-order valence-electron chi connectivity index (χ1n) is 9.89. The van der Waals surface area contributed by atoms with Gasteiger partial charge in [-0.1, -0.05) is 30.3 Å². The van der Waals surface area contributed by atoms with E-state index in [1.807, 2.05) is 57.2 Å². The lowest BCUT2D eigenvalue weighted by Crippen LogP contribution is -2.30. The third-order valence-electron chi connectivity index (χ3n) is 4.82. The van der Waals surface area contributed by atoms with Crippen molar-refractivity contribution < 1.29 is 17.9 Å². The van der Waals surface area contributed by atoms with Crippen molar-refractivity contribution >= 4 is 27.3 Å². The first-order chi connectivity index (χ1) is 14.7. The Labute approximate surface area is 183 Å². The Bertz CT molecular complexity index is 1170. The molecule has 7 heteroatoms. The van der Waals surface area contributed by atoms with Crippen LogP contribution in [0, 0.1) is 20.8 Å². The maximum atomic E-state index is 12.8. The molecule has 3 aromatic carbocycles. The highest BCUT2D eigenvalue weighted by molar-refractivity contribution is 7.92. The second-order valence-corrected chi connectivity index (χ2v) is 9.14. The van der Waals surface area contributed by atoms with Gasteiger partial charge in [-0.05, 0) is 80.8 Å². The summed E-state index contributed by atoms with van der Waals surface area (Å²) >= 11 is 0. The Morgan fingerprint density at radius 1 is 0.903 bits per heavy atom. The minimum atomic E-state index is -3.75. The summed E-state index contributed by atoms with van der Waals surface area (Å²) in [4.78, 5) is 12.5. The Kier molecular flexibility index (Phi) is 6.65. The lowest BCUT2D eigenvalue weighted by molar-refractivity contribution is -0.122. The number of rotatable bonds is 7. The van der Waals surface area contributed by atoms with Crippen LogP contribution in [0.25, 0.3) is 0 Å². The minimum Gasteiger partial charge on any atom is -0.481 e. The highest BCUT2D eigenvalue weighted by Gasteiger charge is 2.18. The topological polar surface area (TPSA) is 84.5 Å². The number of carbonyl (C=O) groups is 1. The number of amides is 1. The van der Waals surface area contributed by atoms with Crippen molar-refractivity contribution in [1.29, 1.82) is 0 Å². The number of ether oxygens (including phenoxy) is 1. The quantitative estimate of drug-likeness (QED) is 0.554. The number of anilines is 2. The van der Waals surface area contributed by atoms with Gasteiger partial charge in [0.15, 0.2) is 6.10 Å². The van der Waals surface area contributed by atoms with Gasteiger partial charge in [0.2, 0.25) is 0 Å². The summed E-state index contributed by atoms with van der Waals surface area (Å²) in [6.07, 6.45) is -0.712. The van der Waals surface area contributed by atoms with Gasteiger partial charge >= 0.3 is 0 Å². The zero-order valence-corrected chi connectivity index (χ0v) is 18.8. The third kappa shape index (κ3) is 5.64. The molecule has 0 aliphatic heterocycles. The van der Waals surface area contributed by atoms with Crippen LogP contribution in [0.15, 0.2) is 71.6 Å². The van der Waals surface area contributed by atoms with E-state index in [1.165, 1.54) is 12.1 Å². The fourth-order valence-corrected chi connectivity index (χ4v) is 4.28. The van der Waals surface area contributed by atoms with Gasteiger partial charge in [0.05, 0.1) is 10.6 Å². The van der Waals surface area contributed by atoms with E-state index in [0.717, 1.165) is 16.7 Å². The van der Waals surface area contributed by atoms with Gasteiger partial charge in [0, 0.05) is 5.69 Å². The number of para-hydroxylation sites is 1. The van der Waals surface area contributed by atoms with Crippen LogP contribution < -0.4 is 14.8 Å². The molecule has 0 saturated heterocycles. The number of aryl methyl sites for hydroxylation is 3. The van der Waals surface area contributed by atoms with Gasteiger partial charge in [-0.25, -0.2) is 8.42 Å². The molecule has 0 aliphatic rings. The first kappa shape index (κ1) is 22.4. The molecule has 162 valence electrons. The number of carbonyl (C=O) groups excluding carboxylic acids is 1. The molecule has 0 bridgehead atoms. The average Bonchev–Trinajstić information content (AvgIpc) is 2.71. The van der Waals surface area contributed by atoms with Gasteiger partial charge in [-0.3, -0.25) is 9.52 Å². The van der Waals surface area contributed by atoms with Gasteiger partial charge in [0.25, 0.3) is 15.9 Å². The molecule has 0 aliphatic carbocycles. The highest BCUT2D eigenvalue weighted by Crippen LogP contribution is 2.24. The predicted molar refractivity (Wildman–Crippen MR) is 123 cm³/mol. The van der Waals surface area contributed by atoms with E-state index in [0.29, 0.717) is 17.1 Å². The number of hydrogen-bond donors (Lipinski definition) is 2. The summed E-state index contributed by atoms with van der Waals surface area (Å²) < 4.78 is 33.8. The van der Waals surface area contributed by atoms with Crippen molar-refractivity contribution in [3.8, 4) is 5.75 Å². The summed E-state index contributed by atoms with van der Waals surface area (Å²) in [6.45, 7) is 7.31. The monoisotopic (exact) mass is 438 g/mol. The van der Waals surface area contributed by atoms with Crippen LogP contribution in [0.4, 0.5) is 11.4 Å². The average molecular weight is 439 g/mol. The van der Waals surface area contributed by atoms with Gasteiger partial charge in [-0.2, -0.15) is 0 Å². The predicted octanol–water partition coefficient (Wildman–Crippen LogP) is 4.82. The maximum Gasteiger partial charge on any atom is 0.265 e. The Morgan fingerprint density at radius 2 is 1.52 bits per heavy atom. The third-order valence-corrected chi connectivity index (χ3v) is 6.19. The number of sulfonamides is 1. The molecule has 3 aromatic rings. The lowest BCUT2D eigenvalue weighted by Gasteiger charge is -2.16. The summed E-state index contributed by atoms with van der Waals surface area (Å²) in [5.74, 6) is 0.285. The maximum absolute atomic E-state index is 12.8. The van der Waals surface area contributed by atoms with E-state index in [2.05, 4.69) is 10.0 Å². The van der Waals surface area contributed by atoms with Crippen molar-refractivity contribution in [2.24, 2.45) is 0 Å². The second-order valence-electron chi connectivity index (χ2n) is 7.46. The zero-order valence-electron chi connectivity index (χ0n) is 18.0. The Balaban J connectivity index is 1.67. The number of hydrogen-bond acceptors (Lipinski definition) is 4. The normalized spacial score (nSPS) is 12.1. The van der Waals surface area contributed by atoms with Crippen molar-refractivity contribution in [2.75, 3.05) is 10.0 Å². The summed E-state index contributed by atoms with van der Waals surface area (Å²) in [5.41, 5.74) is 3.78.